The van der Waals surface area contributed by atoms with E-state index in [2.05, 4.69) is 10.2 Å². The molecular weight excluding hydrogens is 387 g/mol. The van der Waals surface area contributed by atoms with Crippen LogP contribution >= 0.6 is 11.3 Å². The van der Waals surface area contributed by atoms with Crippen molar-refractivity contribution in [2.24, 2.45) is 0 Å². The van der Waals surface area contributed by atoms with Crippen molar-refractivity contribution >= 4 is 17.2 Å². The van der Waals surface area contributed by atoms with Gasteiger partial charge < -0.3 is 4.90 Å². The summed E-state index contributed by atoms with van der Waals surface area (Å²) in [6.07, 6.45) is 1.84. The molecule has 1 aromatic carbocycles. The molecule has 2 aliphatic rings. The first-order valence-electron chi connectivity index (χ1n) is 9.72. The van der Waals surface area contributed by atoms with Gasteiger partial charge in [0.25, 0.3) is 5.91 Å². The number of aromatic nitrogens is 2. The van der Waals surface area contributed by atoms with E-state index in [1.165, 1.54) is 35.9 Å². The predicted molar refractivity (Wildman–Crippen MR) is 100 cm³/mol. The van der Waals surface area contributed by atoms with Crippen LogP contribution in [0.25, 0.3) is 0 Å². The van der Waals surface area contributed by atoms with Crippen LogP contribution in [-0.4, -0.2) is 34.1 Å². The Morgan fingerprint density at radius 2 is 1.64 bits per heavy atom. The number of rotatable bonds is 3. The lowest BCUT2D eigenvalue weighted by Gasteiger charge is -2.32. The topological polar surface area (TPSA) is 46.1 Å². The number of carbonyl (C=O) groups excluding carboxylic acids is 1. The highest BCUT2D eigenvalue weighted by Gasteiger charge is 2.37. The van der Waals surface area contributed by atoms with E-state index >= 15 is 0 Å². The Hall–Kier alpha value is -1.96. The summed E-state index contributed by atoms with van der Waals surface area (Å²) in [4.78, 5) is 14.4. The molecule has 1 saturated heterocycles. The van der Waals surface area contributed by atoms with Gasteiger partial charge in [-0.05, 0) is 37.8 Å². The average molecular weight is 409 g/mol. The third-order valence-corrected chi connectivity index (χ3v) is 6.93. The van der Waals surface area contributed by atoms with E-state index in [9.17, 15) is 18.0 Å². The number of carbonyl (C=O) groups is 1. The number of nitrogens with zero attached hydrogens (tertiary/aromatic N) is 3. The molecule has 0 spiro atoms. The normalized spacial score (nSPS) is 21.2. The summed E-state index contributed by atoms with van der Waals surface area (Å²) in [6.45, 7) is 0.861. The Kier molecular flexibility index (Phi) is 5.40. The molecule has 4 nitrogen and oxygen atoms in total. The maximum Gasteiger partial charge on any atom is 0.417 e. The number of amides is 1. The van der Waals surface area contributed by atoms with Gasteiger partial charge in [0, 0.05) is 24.9 Å². The first-order chi connectivity index (χ1) is 13.4. The van der Waals surface area contributed by atoms with Crippen molar-refractivity contribution in [3.8, 4) is 0 Å². The highest BCUT2D eigenvalue weighted by atomic mass is 32.1. The zero-order valence-corrected chi connectivity index (χ0v) is 16.2. The minimum absolute atomic E-state index is 0.0448. The molecule has 1 unspecified atom stereocenters. The lowest BCUT2D eigenvalue weighted by molar-refractivity contribution is -0.138. The standard InChI is InChI=1S/C20H22F3N3OS/c21-20(22,23)16-10-4-3-9-15(16)19(27)26-11-5-8-14(12-26)18-25-24-17(28-18)13-6-1-2-7-13/h3-4,9-10,13-14H,1-2,5-8,11-12H2. The van der Waals surface area contributed by atoms with Crippen molar-refractivity contribution in [2.75, 3.05) is 13.1 Å². The van der Waals surface area contributed by atoms with E-state index in [4.69, 9.17) is 0 Å². The van der Waals surface area contributed by atoms with Crippen molar-refractivity contribution in [3.63, 3.8) is 0 Å². The third kappa shape index (κ3) is 3.92. The van der Waals surface area contributed by atoms with Gasteiger partial charge >= 0.3 is 6.18 Å². The minimum atomic E-state index is -4.54. The molecule has 0 bridgehead atoms. The van der Waals surface area contributed by atoms with Crippen LogP contribution in [0.5, 0.6) is 0 Å². The first-order valence-corrected chi connectivity index (χ1v) is 10.5. The number of piperidine rings is 1. The van der Waals surface area contributed by atoms with Crippen molar-refractivity contribution in [1.82, 2.24) is 15.1 Å². The van der Waals surface area contributed by atoms with E-state index in [0.29, 0.717) is 19.0 Å². The molecule has 4 rings (SSSR count). The summed E-state index contributed by atoms with van der Waals surface area (Å²) in [5, 5.41) is 10.7. The van der Waals surface area contributed by atoms with E-state index in [0.717, 1.165) is 41.8 Å². The monoisotopic (exact) mass is 409 g/mol. The second kappa shape index (κ2) is 7.81. The van der Waals surface area contributed by atoms with E-state index < -0.39 is 17.6 Å². The second-order valence-electron chi connectivity index (χ2n) is 7.59. The van der Waals surface area contributed by atoms with Gasteiger partial charge in [-0.2, -0.15) is 13.2 Å². The molecule has 0 radical (unpaired) electrons. The van der Waals surface area contributed by atoms with Crippen LogP contribution in [0.3, 0.4) is 0 Å². The SMILES string of the molecule is O=C(c1ccccc1C(F)(F)F)N1CCCC(c2nnc(C3CCCC3)s2)C1. The van der Waals surface area contributed by atoms with Gasteiger partial charge in [0.1, 0.15) is 10.0 Å². The largest absolute Gasteiger partial charge is 0.417 e. The number of likely N-dealkylation sites (tertiary alicyclic amines) is 1. The fourth-order valence-corrected chi connectivity index (χ4v) is 5.34. The van der Waals surface area contributed by atoms with Gasteiger partial charge in [-0.15, -0.1) is 21.5 Å². The van der Waals surface area contributed by atoms with Gasteiger partial charge in [0.05, 0.1) is 11.1 Å². The van der Waals surface area contributed by atoms with Gasteiger partial charge in [-0.3, -0.25) is 4.79 Å². The third-order valence-electron chi connectivity index (χ3n) is 5.68. The minimum Gasteiger partial charge on any atom is -0.338 e. The number of hydrogen-bond donors (Lipinski definition) is 0. The number of benzene rings is 1. The van der Waals surface area contributed by atoms with E-state index in [1.807, 2.05) is 0 Å². The Morgan fingerprint density at radius 1 is 1.00 bits per heavy atom. The molecule has 8 heteroatoms. The smallest absolute Gasteiger partial charge is 0.338 e. The zero-order valence-electron chi connectivity index (χ0n) is 15.4. The Bertz CT molecular complexity index is 845. The summed E-state index contributed by atoms with van der Waals surface area (Å²) in [7, 11) is 0. The van der Waals surface area contributed by atoms with E-state index in [-0.39, 0.29) is 11.5 Å². The van der Waals surface area contributed by atoms with Crippen LogP contribution in [0.2, 0.25) is 0 Å². The lowest BCUT2D eigenvalue weighted by Crippen LogP contribution is -2.39. The summed E-state index contributed by atoms with van der Waals surface area (Å²) >= 11 is 1.61. The van der Waals surface area contributed by atoms with Crippen LogP contribution in [0, 0.1) is 0 Å². The molecule has 1 atom stereocenters. The van der Waals surface area contributed by atoms with Crippen LogP contribution < -0.4 is 0 Å². The number of hydrogen-bond acceptors (Lipinski definition) is 4. The van der Waals surface area contributed by atoms with Crippen molar-refractivity contribution in [2.45, 2.75) is 56.5 Å². The number of alkyl halides is 3. The molecule has 0 N–H and O–H groups in total. The van der Waals surface area contributed by atoms with Gasteiger partial charge in [-0.25, -0.2) is 0 Å². The maximum atomic E-state index is 13.3. The molecule has 28 heavy (non-hydrogen) atoms. The molecule has 1 amide bonds. The van der Waals surface area contributed by atoms with Crippen LogP contribution in [0.15, 0.2) is 24.3 Å². The fourth-order valence-electron chi connectivity index (χ4n) is 4.20. The zero-order chi connectivity index (χ0) is 19.7. The Morgan fingerprint density at radius 3 is 2.36 bits per heavy atom. The Labute approximate surface area is 165 Å². The molecule has 1 aliphatic carbocycles. The molecule has 150 valence electrons. The summed E-state index contributed by atoms with van der Waals surface area (Å²) in [6, 6.07) is 5.01. The van der Waals surface area contributed by atoms with Crippen molar-refractivity contribution < 1.29 is 18.0 Å². The fraction of sp³-hybridized carbons (Fsp3) is 0.550. The molecule has 1 aliphatic heterocycles. The first kappa shape index (κ1) is 19.4. The second-order valence-corrected chi connectivity index (χ2v) is 8.63. The maximum absolute atomic E-state index is 13.3. The predicted octanol–water partition coefficient (Wildman–Crippen LogP) is 5.23. The van der Waals surface area contributed by atoms with Crippen LogP contribution in [-0.2, 0) is 6.18 Å². The molecule has 2 aromatic rings. The molecule has 2 heterocycles. The lowest BCUT2D eigenvalue weighted by atomic mass is 9.97. The van der Waals surface area contributed by atoms with Crippen molar-refractivity contribution in [3.05, 3.63) is 45.4 Å². The summed E-state index contributed by atoms with van der Waals surface area (Å²) in [5.41, 5.74) is -1.15. The highest BCUT2D eigenvalue weighted by Crippen LogP contribution is 2.38. The highest BCUT2D eigenvalue weighted by molar-refractivity contribution is 7.11. The van der Waals surface area contributed by atoms with E-state index in [1.54, 1.807) is 11.3 Å². The van der Waals surface area contributed by atoms with Crippen LogP contribution in [0.4, 0.5) is 13.2 Å². The van der Waals surface area contributed by atoms with Crippen LogP contribution in [0.1, 0.15) is 76.3 Å². The van der Waals surface area contributed by atoms with Crippen molar-refractivity contribution in [1.29, 1.82) is 0 Å². The van der Waals surface area contributed by atoms with Gasteiger partial charge in [0.2, 0.25) is 0 Å². The molecule has 1 aromatic heterocycles. The quantitative estimate of drug-likeness (QED) is 0.697. The molecular formula is C20H22F3N3OS. The summed E-state index contributed by atoms with van der Waals surface area (Å²) < 4.78 is 39.8. The number of halogens is 3. The Balaban J connectivity index is 1.51. The van der Waals surface area contributed by atoms with Gasteiger partial charge in [-0.1, -0.05) is 25.0 Å². The summed E-state index contributed by atoms with van der Waals surface area (Å²) in [5.74, 6) is -0.0206. The molecule has 2 fully saturated rings. The molecule has 1 saturated carbocycles. The van der Waals surface area contributed by atoms with Gasteiger partial charge in [0.15, 0.2) is 0 Å². The average Bonchev–Trinajstić information content (AvgIpc) is 3.38.